The van der Waals surface area contributed by atoms with Gasteiger partial charge in [-0.05, 0) is 23.8 Å². The van der Waals surface area contributed by atoms with Gasteiger partial charge in [0.05, 0.1) is 0 Å². The first-order chi connectivity index (χ1) is 5.97. The van der Waals surface area contributed by atoms with Crippen LogP contribution < -0.4 is 0 Å². The predicted molar refractivity (Wildman–Crippen MR) is 52.0 cm³/mol. The molecule has 1 aromatic carbocycles. The lowest BCUT2D eigenvalue weighted by atomic mass is 10.2. The molecular formula is C9H10O3S. The highest BCUT2D eigenvalue weighted by Gasteiger charge is 1.94. The monoisotopic (exact) mass is 198 g/mol. The molecule has 13 heavy (non-hydrogen) atoms. The van der Waals surface area contributed by atoms with Crippen LogP contribution in [0, 0.1) is 0 Å². The Hall–Kier alpha value is -1.29. The summed E-state index contributed by atoms with van der Waals surface area (Å²) < 4.78 is 21.5. The molecule has 0 amide bonds. The number of sulfone groups is 1. The quantitative estimate of drug-likeness (QED) is 0.781. The van der Waals surface area contributed by atoms with Crippen LogP contribution in [0.3, 0.4) is 0 Å². The molecule has 1 rings (SSSR count). The molecule has 70 valence electrons. The molecule has 0 heterocycles. The molecule has 0 fully saturated rings. The molecule has 0 spiro atoms. The SMILES string of the molecule is CS(=O)(=O)/C=C\c1cccc(O)c1. The van der Waals surface area contributed by atoms with Crippen LogP contribution in [0.25, 0.3) is 6.08 Å². The van der Waals surface area contributed by atoms with Gasteiger partial charge in [0.15, 0.2) is 9.84 Å². The lowest BCUT2D eigenvalue weighted by Crippen LogP contribution is -1.87. The predicted octanol–water partition coefficient (Wildman–Crippen LogP) is 1.41. The van der Waals surface area contributed by atoms with Crippen LogP contribution in [-0.2, 0) is 9.84 Å². The van der Waals surface area contributed by atoms with Crippen molar-refractivity contribution in [2.24, 2.45) is 0 Å². The molecule has 0 saturated heterocycles. The third kappa shape index (κ3) is 3.75. The Morgan fingerprint density at radius 2 is 2.08 bits per heavy atom. The fourth-order valence-electron chi connectivity index (χ4n) is 0.831. The third-order valence-corrected chi connectivity index (χ3v) is 2.01. The normalized spacial score (nSPS) is 12.1. The highest BCUT2D eigenvalue weighted by molar-refractivity contribution is 7.93. The van der Waals surface area contributed by atoms with Crippen LogP contribution in [0.1, 0.15) is 5.56 Å². The Labute approximate surface area is 77.3 Å². The molecule has 0 atom stereocenters. The molecule has 0 radical (unpaired) electrons. The topological polar surface area (TPSA) is 54.4 Å². The molecule has 0 aliphatic carbocycles. The van der Waals surface area contributed by atoms with Crippen LogP contribution in [0.15, 0.2) is 29.7 Å². The van der Waals surface area contributed by atoms with Crippen molar-refractivity contribution in [1.82, 2.24) is 0 Å². The van der Waals surface area contributed by atoms with E-state index in [9.17, 15) is 8.42 Å². The van der Waals surface area contributed by atoms with Gasteiger partial charge >= 0.3 is 0 Å². The fourth-order valence-corrected chi connectivity index (χ4v) is 1.23. The van der Waals surface area contributed by atoms with E-state index in [1.54, 1.807) is 12.1 Å². The molecule has 0 unspecified atom stereocenters. The summed E-state index contributed by atoms with van der Waals surface area (Å²) in [5.74, 6) is 0.121. The van der Waals surface area contributed by atoms with E-state index in [1.165, 1.54) is 18.2 Å². The summed E-state index contributed by atoms with van der Waals surface area (Å²) in [6, 6.07) is 6.37. The van der Waals surface area contributed by atoms with Crippen LogP contribution in [0.5, 0.6) is 5.75 Å². The first-order valence-corrected chi connectivity index (χ1v) is 5.60. The summed E-state index contributed by atoms with van der Waals surface area (Å²) >= 11 is 0. The molecule has 1 aromatic rings. The van der Waals surface area contributed by atoms with Gasteiger partial charge in [-0.25, -0.2) is 8.42 Å². The number of benzene rings is 1. The van der Waals surface area contributed by atoms with Gasteiger partial charge in [0, 0.05) is 11.7 Å². The van der Waals surface area contributed by atoms with Gasteiger partial charge < -0.3 is 5.11 Å². The Morgan fingerprint density at radius 3 is 2.62 bits per heavy atom. The summed E-state index contributed by atoms with van der Waals surface area (Å²) in [6.45, 7) is 0. The highest BCUT2D eigenvalue weighted by atomic mass is 32.2. The number of phenols is 1. The van der Waals surface area contributed by atoms with Crippen LogP contribution >= 0.6 is 0 Å². The molecular weight excluding hydrogens is 188 g/mol. The average molecular weight is 198 g/mol. The maximum Gasteiger partial charge on any atom is 0.168 e. The third-order valence-electron chi connectivity index (χ3n) is 1.38. The zero-order chi connectivity index (χ0) is 9.90. The molecule has 0 aromatic heterocycles. The minimum Gasteiger partial charge on any atom is -0.508 e. The van der Waals surface area contributed by atoms with E-state index in [-0.39, 0.29) is 5.75 Å². The van der Waals surface area contributed by atoms with Gasteiger partial charge in [0.1, 0.15) is 5.75 Å². The second-order valence-corrected chi connectivity index (χ2v) is 4.66. The van der Waals surface area contributed by atoms with Crippen molar-refractivity contribution in [2.45, 2.75) is 0 Å². The lowest BCUT2D eigenvalue weighted by molar-refractivity contribution is 0.475. The molecule has 4 heteroatoms. The van der Waals surface area contributed by atoms with Gasteiger partial charge in [-0.15, -0.1) is 0 Å². The molecule has 1 N–H and O–H groups in total. The first kappa shape index (κ1) is 9.80. The van der Waals surface area contributed by atoms with E-state index in [0.717, 1.165) is 11.7 Å². The first-order valence-electron chi connectivity index (χ1n) is 3.64. The smallest absolute Gasteiger partial charge is 0.168 e. The summed E-state index contributed by atoms with van der Waals surface area (Å²) in [5.41, 5.74) is 0.658. The molecule has 0 saturated carbocycles. The number of rotatable bonds is 2. The maximum absolute atomic E-state index is 10.7. The largest absolute Gasteiger partial charge is 0.508 e. The Bertz CT molecular complexity index is 418. The van der Waals surface area contributed by atoms with Gasteiger partial charge in [-0.2, -0.15) is 0 Å². The standard InChI is InChI=1S/C9H10O3S/c1-13(11,12)6-5-8-3-2-4-9(10)7-8/h2-7,10H,1H3/b6-5-. The van der Waals surface area contributed by atoms with Crippen molar-refractivity contribution < 1.29 is 13.5 Å². The second kappa shape index (κ2) is 3.62. The van der Waals surface area contributed by atoms with Crippen LogP contribution in [0.2, 0.25) is 0 Å². The van der Waals surface area contributed by atoms with Crippen molar-refractivity contribution in [3.63, 3.8) is 0 Å². The Balaban J connectivity index is 2.93. The van der Waals surface area contributed by atoms with Gasteiger partial charge in [-0.1, -0.05) is 12.1 Å². The van der Waals surface area contributed by atoms with Gasteiger partial charge in [-0.3, -0.25) is 0 Å². The molecule has 0 aliphatic rings. The number of phenolic OH excluding ortho intramolecular Hbond substituents is 1. The molecule has 3 nitrogen and oxygen atoms in total. The summed E-state index contributed by atoms with van der Waals surface area (Å²) in [6.07, 6.45) is 2.56. The number of hydrogen-bond acceptors (Lipinski definition) is 3. The Morgan fingerprint density at radius 1 is 1.38 bits per heavy atom. The van der Waals surface area contributed by atoms with Gasteiger partial charge in [0.2, 0.25) is 0 Å². The van der Waals surface area contributed by atoms with Crippen molar-refractivity contribution >= 4 is 15.9 Å². The summed E-state index contributed by atoms with van der Waals surface area (Å²) in [5, 5.41) is 10.2. The van der Waals surface area contributed by atoms with Crippen LogP contribution in [-0.4, -0.2) is 19.8 Å². The average Bonchev–Trinajstić information content (AvgIpc) is 2.00. The van der Waals surface area contributed by atoms with E-state index < -0.39 is 9.84 Å². The van der Waals surface area contributed by atoms with Crippen molar-refractivity contribution in [1.29, 1.82) is 0 Å². The molecule has 0 aliphatic heterocycles. The van der Waals surface area contributed by atoms with Crippen molar-refractivity contribution in [3.8, 4) is 5.75 Å². The Kier molecular flexibility index (Phi) is 2.72. The van der Waals surface area contributed by atoms with E-state index in [1.807, 2.05) is 0 Å². The summed E-state index contributed by atoms with van der Waals surface area (Å²) in [4.78, 5) is 0. The summed E-state index contributed by atoms with van der Waals surface area (Å²) in [7, 11) is -3.10. The van der Waals surface area contributed by atoms with Crippen molar-refractivity contribution in [2.75, 3.05) is 6.26 Å². The van der Waals surface area contributed by atoms with E-state index in [0.29, 0.717) is 5.56 Å². The molecule has 0 bridgehead atoms. The lowest BCUT2D eigenvalue weighted by Gasteiger charge is -1.93. The minimum absolute atomic E-state index is 0.121. The van der Waals surface area contributed by atoms with E-state index in [2.05, 4.69) is 0 Å². The van der Waals surface area contributed by atoms with Crippen molar-refractivity contribution in [3.05, 3.63) is 35.2 Å². The van der Waals surface area contributed by atoms with E-state index in [4.69, 9.17) is 5.11 Å². The zero-order valence-electron chi connectivity index (χ0n) is 7.14. The minimum atomic E-state index is -3.10. The highest BCUT2D eigenvalue weighted by Crippen LogP contribution is 2.12. The van der Waals surface area contributed by atoms with Gasteiger partial charge in [0.25, 0.3) is 0 Å². The fraction of sp³-hybridized carbons (Fsp3) is 0.111. The maximum atomic E-state index is 10.7. The number of hydrogen-bond donors (Lipinski definition) is 1. The zero-order valence-corrected chi connectivity index (χ0v) is 7.95. The second-order valence-electron chi connectivity index (χ2n) is 2.73. The van der Waals surface area contributed by atoms with E-state index >= 15 is 0 Å². The van der Waals surface area contributed by atoms with Crippen LogP contribution in [0.4, 0.5) is 0 Å². The number of aromatic hydroxyl groups is 1.